The molecular weight excluding hydrogens is 298 g/mol. The normalized spacial score (nSPS) is 18.3. The molecule has 0 spiro atoms. The van der Waals surface area contributed by atoms with E-state index in [0.717, 1.165) is 38.2 Å². The van der Waals surface area contributed by atoms with Gasteiger partial charge in [0.1, 0.15) is 0 Å². The number of hydrogen-bond donors (Lipinski definition) is 2. The molecule has 4 nitrogen and oxygen atoms in total. The molecule has 2 N–H and O–H groups in total. The second kappa shape index (κ2) is 8.62. The van der Waals surface area contributed by atoms with Crippen LogP contribution in [-0.2, 0) is 6.54 Å². The zero-order chi connectivity index (χ0) is 17.6. The van der Waals surface area contributed by atoms with Gasteiger partial charge in [-0.3, -0.25) is 4.90 Å². The molecule has 0 bridgehead atoms. The Morgan fingerprint density at radius 1 is 1.29 bits per heavy atom. The zero-order valence-electron chi connectivity index (χ0n) is 15.3. The van der Waals surface area contributed by atoms with E-state index in [0.29, 0.717) is 6.04 Å². The minimum atomic E-state index is -0.240. The molecule has 2 rings (SSSR count). The van der Waals surface area contributed by atoms with Gasteiger partial charge >= 0.3 is 0 Å². The van der Waals surface area contributed by atoms with Gasteiger partial charge in [-0.15, -0.1) is 0 Å². The summed E-state index contributed by atoms with van der Waals surface area (Å²) >= 11 is 0. The molecular formula is C20H31N3O. The van der Waals surface area contributed by atoms with Crippen molar-refractivity contribution >= 4 is 0 Å². The van der Waals surface area contributed by atoms with Crippen molar-refractivity contribution in [3.63, 3.8) is 0 Å². The van der Waals surface area contributed by atoms with Crippen LogP contribution in [0.15, 0.2) is 24.3 Å². The van der Waals surface area contributed by atoms with Gasteiger partial charge in [-0.05, 0) is 62.4 Å². The molecule has 4 heteroatoms. The maximum Gasteiger partial charge on any atom is 0.0991 e. The maximum absolute atomic E-state index is 9.58. The third kappa shape index (κ3) is 6.24. The number of nitriles is 1. The van der Waals surface area contributed by atoms with Gasteiger partial charge in [-0.25, -0.2) is 0 Å². The Kier molecular flexibility index (Phi) is 6.79. The number of aliphatic hydroxyl groups excluding tert-OH is 1. The number of likely N-dealkylation sites (tertiary alicyclic amines) is 1. The van der Waals surface area contributed by atoms with Crippen LogP contribution in [0.2, 0.25) is 0 Å². The fourth-order valence-corrected chi connectivity index (χ4v) is 3.53. The summed E-state index contributed by atoms with van der Waals surface area (Å²) < 4.78 is 0. The number of rotatable bonds is 7. The smallest absolute Gasteiger partial charge is 0.0991 e. The van der Waals surface area contributed by atoms with Crippen LogP contribution in [0.4, 0.5) is 0 Å². The summed E-state index contributed by atoms with van der Waals surface area (Å²) in [6, 6.07) is 10.7. The van der Waals surface area contributed by atoms with Crippen molar-refractivity contribution in [1.82, 2.24) is 10.2 Å². The number of nitrogens with one attached hydrogen (secondary N) is 1. The highest BCUT2D eigenvalue weighted by Gasteiger charge is 2.24. The van der Waals surface area contributed by atoms with Gasteiger partial charge in [-0.1, -0.05) is 26.0 Å². The van der Waals surface area contributed by atoms with Gasteiger partial charge in [0.15, 0.2) is 0 Å². The van der Waals surface area contributed by atoms with Crippen LogP contribution in [0, 0.1) is 16.7 Å². The Morgan fingerprint density at radius 3 is 2.46 bits per heavy atom. The van der Waals surface area contributed by atoms with Crippen LogP contribution in [0.1, 0.15) is 51.2 Å². The van der Waals surface area contributed by atoms with Crippen molar-refractivity contribution in [2.45, 2.75) is 58.7 Å². The number of hydrogen-bond acceptors (Lipinski definition) is 4. The summed E-state index contributed by atoms with van der Waals surface area (Å²) in [5, 5.41) is 22.1. The van der Waals surface area contributed by atoms with E-state index in [9.17, 15) is 5.11 Å². The zero-order valence-corrected chi connectivity index (χ0v) is 15.3. The van der Waals surface area contributed by atoms with E-state index in [4.69, 9.17) is 5.26 Å². The fourth-order valence-electron chi connectivity index (χ4n) is 3.53. The molecule has 132 valence electrons. The second-order valence-electron chi connectivity index (χ2n) is 7.96. The average molecular weight is 329 g/mol. The van der Waals surface area contributed by atoms with E-state index in [2.05, 4.69) is 42.3 Å². The Hall–Kier alpha value is -1.41. The van der Waals surface area contributed by atoms with Crippen LogP contribution in [0.3, 0.4) is 0 Å². The Morgan fingerprint density at radius 2 is 1.92 bits per heavy atom. The van der Waals surface area contributed by atoms with Crippen molar-refractivity contribution < 1.29 is 5.11 Å². The van der Waals surface area contributed by atoms with Crippen LogP contribution < -0.4 is 5.32 Å². The van der Waals surface area contributed by atoms with Crippen molar-refractivity contribution in [2.75, 3.05) is 19.6 Å². The highest BCUT2D eigenvalue weighted by molar-refractivity contribution is 5.31. The third-order valence-corrected chi connectivity index (χ3v) is 4.79. The predicted octanol–water partition coefficient (Wildman–Crippen LogP) is 2.91. The van der Waals surface area contributed by atoms with E-state index in [1.165, 1.54) is 18.4 Å². The molecule has 1 aliphatic heterocycles. The number of aliphatic hydroxyl groups is 1. The standard InChI is InChI=1S/C20H31N3O/c1-16(24)12-20(2,3)15-22-19-8-10-23(11-9-19)14-18-6-4-17(13-21)5-7-18/h4-7,16,19,22,24H,8-12,14-15H2,1-3H3. The molecule has 24 heavy (non-hydrogen) atoms. The number of benzene rings is 1. The van der Waals surface area contributed by atoms with E-state index >= 15 is 0 Å². The van der Waals surface area contributed by atoms with Crippen LogP contribution >= 0.6 is 0 Å². The van der Waals surface area contributed by atoms with Gasteiger partial charge in [0, 0.05) is 19.1 Å². The molecule has 1 fully saturated rings. The summed E-state index contributed by atoms with van der Waals surface area (Å²) in [7, 11) is 0. The largest absolute Gasteiger partial charge is 0.393 e. The van der Waals surface area contributed by atoms with Gasteiger partial charge in [0.05, 0.1) is 17.7 Å². The molecule has 1 aliphatic rings. The molecule has 0 aromatic heterocycles. The van der Waals surface area contributed by atoms with Gasteiger partial charge in [0.25, 0.3) is 0 Å². The first-order chi connectivity index (χ1) is 11.4. The molecule has 0 saturated carbocycles. The van der Waals surface area contributed by atoms with Crippen molar-refractivity contribution in [1.29, 1.82) is 5.26 Å². The van der Waals surface area contributed by atoms with E-state index < -0.39 is 0 Å². The molecule has 1 atom stereocenters. The van der Waals surface area contributed by atoms with Gasteiger partial charge in [-0.2, -0.15) is 5.26 Å². The lowest BCUT2D eigenvalue weighted by molar-refractivity contribution is 0.121. The van der Waals surface area contributed by atoms with Crippen molar-refractivity contribution in [3.05, 3.63) is 35.4 Å². The third-order valence-electron chi connectivity index (χ3n) is 4.79. The first-order valence-electron chi connectivity index (χ1n) is 9.01. The molecule has 0 aliphatic carbocycles. The van der Waals surface area contributed by atoms with E-state index in [1.807, 2.05) is 19.1 Å². The lowest BCUT2D eigenvalue weighted by Gasteiger charge is -2.35. The fraction of sp³-hybridized carbons (Fsp3) is 0.650. The Bertz CT molecular complexity index is 537. The quantitative estimate of drug-likeness (QED) is 0.807. The number of nitrogens with zero attached hydrogens (tertiary/aromatic N) is 2. The molecule has 1 unspecified atom stereocenters. The van der Waals surface area contributed by atoms with Gasteiger partial charge < -0.3 is 10.4 Å². The maximum atomic E-state index is 9.58. The first kappa shape index (κ1) is 18.9. The summed E-state index contributed by atoms with van der Waals surface area (Å²) in [6.07, 6.45) is 2.93. The highest BCUT2D eigenvalue weighted by atomic mass is 16.3. The first-order valence-corrected chi connectivity index (χ1v) is 9.01. The lowest BCUT2D eigenvalue weighted by atomic mass is 9.86. The van der Waals surface area contributed by atoms with Crippen LogP contribution in [0.5, 0.6) is 0 Å². The molecule has 0 amide bonds. The monoisotopic (exact) mass is 329 g/mol. The molecule has 1 aromatic rings. The molecule has 1 heterocycles. The minimum Gasteiger partial charge on any atom is -0.393 e. The Balaban J connectivity index is 1.72. The van der Waals surface area contributed by atoms with Crippen molar-refractivity contribution in [3.8, 4) is 6.07 Å². The van der Waals surface area contributed by atoms with E-state index in [1.54, 1.807) is 0 Å². The second-order valence-corrected chi connectivity index (χ2v) is 7.96. The number of piperidine rings is 1. The van der Waals surface area contributed by atoms with Crippen molar-refractivity contribution in [2.24, 2.45) is 5.41 Å². The topological polar surface area (TPSA) is 59.3 Å². The van der Waals surface area contributed by atoms with Crippen LogP contribution in [0.25, 0.3) is 0 Å². The summed E-state index contributed by atoms with van der Waals surface area (Å²) in [4.78, 5) is 2.49. The molecule has 1 saturated heterocycles. The Labute approximate surface area is 146 Å². The average Bonchev–Trinajstić information content (AvgIpc) is 2.54. The molecule has 1 aromatic carbocycles. The summed E-state index contributed by atoms with van der Waals surface area (Å²) in [5.41, 5.74) is 2.13. The molecule has 0 radical (unpaired) electrons. The van der Waals surface area contributed by atoms with E-state index in [-0.39, 0.29) is 11.5 Å². The minimum absolute atomic E-state index is 0.133. The summed E-state index contributed by atoms with van der Waals surface area (Å²) in [6.45, 7) is 10.4. The van der Waals surface area contributed by atoms with Crippen LogP contribution in [-0.4, -0.2) is 41.8 Å². The predicted molar refractivity (Wildman–Crippen MR) is 97.5 cm³/mol. The summed E-state index contributed by atoms with van der Waals surface area (Å²) in [5.74, 6) is 0. The highest BCUT2D eigenvalue weighted by Crippen LogP contribution is 2.22. The SMILES string of the molecule is CC(O)CC(C)(C)CNC1CCN(Cc2ccc(C#N)cc2)CC1. The van der Waals surface area contributed by atoms with Gasteiger partial charge in [0.2, 0.25) is 0 Å². The lowest BCUT2D eigenvalue weighted by Crippen LogP contribution is -2.45.